The molecule has 0 saturated carbocycles. The van der Waals surface area contributed by atoms with E-state index in [9.17, 15) is 15.0 Å². The van der Waals surface area contributed by atoms with Crippen LogP contribution in [0.4, 0.5) is 0 Å². The number of hydrogen-bond acceptors (Lipinski definition) is 7. The summed E-state index contributed by atoms with van der Waals surface area (Å²) >= 11 is 0. The van der Waals surface area contributed by atoms with Crippen molar-refractivity contribution in [2.45, 2.75) is 6.10 Å². The third kappa shape index (κ3) is 2.54. The van der Waals surface area contributed by atoms with E-state index in [2.05, 4.69) is 19.9 Å². The SMILES string of the molecule is O=C(c1cncnc1)c1cc(C(O)CO)c2nccnc2c1. The van der Waals surface area contributed by atoms with E-state index >= 15 is 0 Å². The van der Waals surface area contributed by atoms with Crippen LogP contribution in [0.15, 0.2) is 43.2 Å². The molecule has 22 heavy (non-hydrogen) atoms. The number of aliphatic hydroxyl groups is 2. The van der Waals surface area contributed by atoms with Crippen molar-refractivity contribution in [3.05, 3.63) is 59.9 Å². The third-order valence-corrected chi connectivity index (χ3v) is 3.22. The van der Waals surface area contributed by atoms with Gasteiger partial charge in [0.1, 0.15) is 12.4 Å². The third-order valence-electron chi connectivity index (χ3n) is 3.22. The van der Waals surface area contributed by atoms with E-state index in [0.29, 0.717) is 27.7 Å². The zero-order valence-electron chi connectivity index (χ0n) is 11.4. The zero-order chi connectivity index (χ0) is 15.5. The lowest BCUT2D eigenvalue weighted by molar-refractivity contribution is 0.0962. The molecule has 110 valence electrons. The number of aromatic nitrogens is 4. The molecule has 0 fully saturated rings. The molecule has 7 nitrogen and oxygen atoms in total. The van der Waals surface area contributed by atoms with Crippen LogP contribution >= 0.6 is 0 Å². The van der Waals surface area contributed by atoms with Gasteiger partial charge in [0.15, 0.2) is 5.78 Å². The first-order valence-corrected chi connectivity index (χ1v) is 6.54. The Bertz CT molecular complexity index is 823. The van der Waals surface area contributed by atoms with Crippen molar-refractivity contribution in [2.24, 2.45) is 0 Å². The van der Waals surface area contributed by atoms with Crippen molar-refractivity contribution in [1.82, 2.24) is 19.9 Å². The van der Waals surface area contributed by atoms with Gasteiger partial charge >= 0.3 is 0 Å². The normalized spacial score (nSPS) is 12.3. The Morgan fingerprint density at radius 1 is 1.09 bits per heavy atom. The second-order valence-corrected chi connectivity index (χ2v) is 4.64. The summed E-state index contributed by atoms with van der Waals surface area (Å²) in [5, 5.41) is 19.1. The highest BCUT2D eigenvalue weighted by Gasteiger charge is 2.18. The smallest absolute Gasteiger partial charge is 0.196 e. The summed E-state index contributed by atoms with van der Waals surface area (Å²) < 4.78 is 0. The summed E-state index contributed by atoms with van der Waals surface area (Å²) in [6.07, 6.45) is 6.01. The monoisotopic (exact) mass is 296 g/mol. The van der Waals surface area contributed by atoms with Gasteiger partial charge in [0.25, 0.3) is 0 Å². The Morgan fingerprint density at radius 3 is 2.55 bits per heavy atom. The predicted octanol–water partition coefficient (Wildman–Crippen LogP) is 0.676. The van der Waals surface area contributed by atoms with E-state index in [1.807, 2.05) is 0 Å². The average molecular weight is 296 g/mol. The molecule has 7 heteroatoms. The van der Waals surface area contributed by atoms with Crippen LogP contribution < -0.4 is 0 Å². The fourth-order valence-corrected chi connectivity index (χ4v) is 2.17. The van der Waals surface area contributed by atoms with Crippen LogP contribution in [-0.4, -0.2) is 42.5 Å². The van der Waals surface area contributed by atoms with Crippen molar-refractivity contribution >= 4 is 16.8 Å². The molecule has 0 aliphatic heterocycles. The molecule has 2 aromatic heterocycles. The fourth-order valence-electron chi connectivity index (χ4n) is 2.17. The summed E-state index contributed by atoms with van der Waals surface area (Å²) in [5.74, 6) is -0.292. The highest BCUT2D eigenvalue weighted by atomic mass is 16.3. The number of ketones is 1. The lowest BCUT2D eigenvalue weighted by Crippen LogP contribution is -2.09. The summed E-state index contributed by atoms with van der Waals surface area (Å²) in [6.45, 7) is -0.474. The van der Waals surface area contributed by atoms with Crippen molar-refractivity contribution in [1.29, 1.82) is 0 Å². The van der Waals surface area contributed by atoms with Crippen LogP contribution in [0.5, 0.6) is 0 Å². The molecule has 2 N–H and O–H groups in total. The van der Waals surface area contributed by atoms with Crippen molar-refractivity contribution in [3.8, 4) is 0 Å². The Labute approximate surface area is 125 Å². The summed E-state index contributed by atoms with van der Waals surface area (Å²) in [6, 6.07) is 3.10. The average Bonchev–Trinajstić information content (AvgIpc) is 2.60. The molecule has 0 amide bonds. The standard InChI is InChI=1S/C15H12N4O3/c20-7-13(21)11-3-9(4-12-14(11)19-2-1-18-12)15(22)10-5-16-8-17-6-10/h1-6,8,13,20-21H,7H2. The van der Waals surface area contributed by atoms with Gasteiger partial charge in [0, 0.05) is 35.9 Å². The van der Waals surface area contributed by atoms with Gasteiger partial charge in [-0.3, -0.25) is 14.8 Å². The molecule has 1 unspecified atom stereocenters. The molecule has 0 aliphatic carbocycles. The number of hydrogen-bond donors (Lipinski definition) is 2. The maximum absolute atomic E-state index is 12.5. The Balaban J connectivity index is 2.17. The minimum Gasteiger partial charge on any atom is -0.393 e. The zero-order valence-corrected chi connectivity index (χ0v) is 11.4. The maximum Gasteiger partial charge on any atom is 0.196 e. The molecule has 1 atom stereocenters. The number of nitrogens with zero attached hydrogens (tertiary/aromatic N) is 4. The van der Waals surface area contributed by atoms with E-state index in [1.54, 1.807) is 6.07 Å². The molecule has 0 radical (unpaired) electrons. The van der Waals surface area contributed by atoms with Gasteiger partial charge in [-0.25, -0.2) is 9.97 Å². The van der Waals surface area contributed by atoms with Gasteiger partial charge in [0.05, 0.1) is 23.2 Å². The molecular weight excluding hydrogens is 284 g/mol. The molecule has 2 heterocycles. The molecule has 1 aromatic carbocycles. The highest BCUT2D eigenvalue weighted by Crippen LogP contribution is 2.24. The van der Waals surface area contributed by atoms with Crippen LogP contribution in [0.3, 0.4) is 0 Å². The largest absolute Gasteiger partial charge is 0.393 e. The minimum absolute atomic E-state index is 0.292. The van der Waals surface area contributed by atoms with Gasteiger partial charge < -0.3 is 10.2 Å². The molecule has 3 aromatic rings. The number of benzene rings is 1. The molecule has 3 rings (SSSR count). The van der Waals surface area contributed by atoms with Crippen LogP contribution in [0.25, 0.3) is 11.0 Å². The van der Waals surface area contributed by atoms with Crippen LogP contribution in [-0.2, 0) is 0 Å². The Morgan fingerprint density at radius 2 is 1.82 bits per heavy atom. The van der Waals surface area contributed by atoms with Gasteiger partial charge in [-0.1, -0.05) is 0 Å². The summed E-state index contributed by atoms with van der Waals surface area (Å²) in [4.78, 5) is 28.4. The first-order chi connectivity index (χ1) is 10.7. The van der Waals surface area contributed by atoms with Gasteiger partial charge in [-0.2, -0.15) is 0 Å². The molecule has 0 spiro atoms. The number of carbonyl (C=O) groups excluding carboxylic acids is 1. The Kier molecular flexibility index (Phi) is 3.82. The second-order valence-electron chi connectivity index (χ2n) is 4.64. The van der Waals surface area contributed by atoms with Crippen molar-refractivity contribution in [3.63, 3.8) is 0 Å². The quantitative estimate of drug-likeness (QED) is 0.681. The number of fused-ring (bicyclic) bond motifs is 1. The number of aliphatic hydroxyl groups excluding tert-OH is 2. The lowest BCUT2D eigenvalue weighted by atomic mass is 9.99. The first kappa shape index (κ1) is 14.2. The fraction of sp³-hybridized carbons (Fsp3) is 0.133. The topological polar surface area (TPSA) is 109 Å². The van der Waals surface area contributed by atoms with E-state index < -0.39 is 12.7 Å². The van der Waals surface area contributed by atoms with E-state index in [-0.39, 0.29) is 5.78 Å². The number of rotatable bonds is 4. The lowest BCUT2D eigenvalue weighted by Gasteiger charge is -2.12. The second kappa shape index (κ2) is 5.92. The first-order valence-electron chi connectivity index (χ1n) is 6.54. The van der Waals surface area contributed by atoms with Crippen molar-refractivity contribution in [2.75, 3.05) is 6.61 Å². The Hall–Kier alpha value is -2.77. The van der Waals surface area contributed by atoms with E-state index in [0.717, 1.165) is 0 Å². The van der Waals surface area contributed by atoms with Gasteiger partial charge in [0.2, 0.25) is 0 Å². The molecule has 0 bridgehead atoms. The van der Waals surface area contributed by atoms with Crippen LogP contribution in [0, 0.1) is 0 Å². The van der Waals surface area contributed by atoms with Crippen LogP contribution in [0.1, 0.15) is 27.6 Å². The van der Waals surface area contributed by atoms with Crippen molar-refractivity contribution < 1.29 is 15.0 Å². The summed E-state index contributed by atoms with van der Waals surface area (Å²) in [5.41, 5.74) is 1.92. The highest BCUT2D eigenvalue weighted by molar-refractivity contribution is 6.10. The molecular formula is C15H12N4O3. The van der Waals surface area contributed by atoms with E-state index in [1.165, 1.54) is 37.2 Å². The predicted molar refractivity (Wildman–Crippen MR) is 77.0 cm³/mol. The van der Waals surface area contributed by atoms with E-state index in [4.69, 9.17) is 0 Å². The molecule has 0 saturated heterocycles. The number of carbonyl (C=O) groups is 1. The summed E-state index contributed by atoms with van der Waals surface area (Å²) in [7, 11) is 0. The van der Waals surface area contributed by atoms with Crippen LogP contribution in [0.2, 0.25) is 0 Å². The molecule has 0 aliphatic rings. The maximum atomic E-state index is 12.5. The van der Waals surface area contributed by atoms with Gasteiger partial charge in [-0.05, 0) is 12.1 Å². The van der Waals surface area contributed by atoms with Gasteiger partial charge in [-0.15, -0.1) is 0 Å². The minimum atomic E-state index is -1.14.